The highest BCUT2D eigenvalue weighted by Gasteiger charge is 2.04. The van der Waals surface area contributed by atoms with Crippen molar-refractivity contribution in [2.45, 2.75) is 0 Å². The Balaban J connectivity index is 1.64. The summed E-state index contributed by atoms with van der Waals surface area (Å²) in [6.07, 6.45) is 0. The molecule has 0 heterocycles. The van der Waals surface area contributed by atoms with Crippen LogP contribution in [0.2, 0.25) is 10.0 Å². The lowest BCUT2D eigenvalue weighted by atomic mass is 10.3. The second-order valence-corrected chi connectivity index (χ2v) is 5.79. The van der Waals surface area contributed by atoms with Gasteiger partial charge < -0.3 is 20.7 Å². The first-order valence-electron chi connectivity index (χ1n) is 7.44. The Morgan fingerprint density at radius 2 is 1.75 bits per heavy atom. The molecule has 0 aliphatic rings. The third kappa shape index (κ3) is 5.92. The number of amides is 1. The number of halogens is 2. The van der Waals surface area contributed by atoms with Crippen molar-refractivity contribution in [2.24, 2.45) is 0 Å². The van der Waals surface area contributed by atoms with Gasteiger partial charge in [-0.25, -0.2) is 0 Å². The van der Waals surface area contributed by atoms with Gasteiger partial charge in [-0.15, -0.1) is 0 Å². The Bertz CT molecular complexity index is 678. The van der Waals surface area contributed by atoms with E-state index >= 15 is 0 Å². The molecule has 2 aromatic rings. The molecule has 3 N–H and O–H groups in total. The van der Waals surface area contributed by atoms with Crippen molar-refractivity contribution < 1.29 is 9.53 Å². The predicted molar refractivity (Wildman–Crippen MR) is 99.4 cm³/mol. The van der Waals surface area contributed by atoms with Crippen LogP contribution in [0.5, 0.6) is 5.75 Å². The Morgan fingerprint density at radius 1 is 1.04 bits per heavy atom. The first-order valence-corrected chi connectivity index (χ1v) is 8.20. The molecule has 0 radical (unpaired) electrons. The second kappa shape index (κ2) is 9.37. The van der Waals surface area contributed by atoms with Crippen molar-refractivity contribution in [2.75, 3.05) is 37.4 Å². The zero-order valence-electron chi connectivity index (χ0n) is 13.2. The molecular weight excluding hydrogens is 349 g/mol. The van der Waals surface area contributed by atoms with Gasteiger partial charge in [0.25, 0.3) is 0 Å². The molecule has 0 unspecified atom stereocenters. The number of benzene rings is 2. The Morgan fingerprint density at radius 3 is 2.42 bits per heavy atom. The van der Waals surface area contributed by atoms with Crippen LogP contribution in [0.15, 0.2) is 42.5 Å². The Kier molecular flexibility index (Phi) is 7.18. The fourth-order valence-electron chi connectivity index (χ4n) is 1.94. The smallest absolute Gasteiger partial charge is 0.238 e. The summed E-state index contributed by atoms with van der Waals surface area (Å²) in [5.74, 6) is 0.628. The van der Waals surface area contributed by atoms with Gasteiger partial charge in [-0.3, -0.25) is 4.79 Å². The average molecular weight is 368 g/mol. The molecule has 2 rings (SSSR count). The summed E-state index contributed by atoms with van der Waals surface area (Å²) in [7, 11) is 1.86. The number of hydrogen-bond donors (Lipinski definition) is 3. The second-order valence-electron chi connectivity index (χ2n) is 4.98. The van der Waals surface area contributed by atoms with Crippen LogP contribution in [0, 0.1) is 0 Å². The van der Waals surface area contributed by atoms with E-state index in [9.17, 15) is 4.79 Å². The quantitative estimate of drug-likeness (QED) is 0.623. The van der Waals surface area contributed by atoms with Crippen molar-refractivity contribution >= 4 is 40.5 Å². The predicted octanol–water partition coefficient (Wildman–Crippen LogP) is 3.64. The van der Waals surface area contributed by atoms with E-state index in [-0.39, 0.29) is 12.5 Å². The van der Waals surface area contributed by atoms with Crippen LogP contribution in [-0.4, -0.2) is 32.7 Å². The molecule has 0 spiro atoms. The molecule has 1 amide bonds. The van der Waals surface area contributed by atoms with Crippen LogP contribution in [0.4, 0.5) is 11.4 Å². The zero-order chi connectivity index (χ0) is 17.4. The largest absolute Gasteiger partial charge is 0.492 e. The van der Waals surface area contributed by atoms with E-state index in [1.807, 2.05) is 31.3 Å². The fraction of sp³-hybridized carbons (Fsp3) is 0.235. The lowest BCUT2D eigenvalue weighted by Crippen LogP contribution is -2.31. The van der Waals surface area contributed by atoms with Crippen molar-refractivity contribution in [3.63, 3.8) is 0 Å². The van der Waals surface area contributed by atoms with E-state index in [1.165, 1.54) is 0 Å². The van der Waals surface area contributed by atoms with Crippen LogP contribution in [0.1, 0.15) is 0 Å². The topological polar surface area (TPSA) is 62.4 Å². The van der Waals surface area contributed by atoms with E-state index in [2.05, 4.69) is 16.0 Å². The van der Waals surface area contributed by atoms with Crippen LogP contribution in [0.3, 0.4) is 0 Å². The molecule has 7 heteroatoms. The van der Waals surface area contributed by atoms with E-state index < -0.39 is 0 Å². The van der Waals surface area contributed by atoms with Crippen LogP contribution in [0.25, 0.3) is 0 Å². The van der Waals surface area contributed by atoms with Gasteiger partial charge >= 0.3 is 0 Å². The normalized spacial score (nSPS) is 10.3. The number of ether oxygens (including phenoxy) is 1. The van der Waals surface area contributed by atoms with Gasteiger partial charge in [0.1, 0.15) is 12.4 Å². The van der Waals surface area contributed by atoms with E-state index in [0.29, 0.717) is 28.9 Å². The summed E-state index contributed by atoms with van der Waals surface area (Å²) >= 11 is 11.7. The van der Waals surface area contributed by atoms with Crippen LogP contribution >= 0.6 is 23.2 Å². The SMILES string of the molecule is CNc1ccc(OCCNCC(=O)Nc2ccc(Cl)c(Cl)c2)cc1. The molecule has 0 aromatic heterocycles. The number of carbonyl (C=O) groups excluding carboxylic acids is 1. The van der Waals surface area contributed by atoms with Gasteiger partial charge in [0.05, 0.1) is 16.6 Å². The number of carbonyl (C=O) groups is 1. The van der Waals surface area contributed by atoms with Crippen molar-refractivity contribution in [3.05, 3.63) is 52.5 Å². The highest BCUT2D eigenvalue weighted by Crippen LogP contribution is 2.24. The summed E-state index contributed by atoms with van der Waals surface area (Å²) in [6, 6.07) is 12.6. The average Bonchev–Trinajstić information content (AvgIpc) is 2.58. The molecule has 0 aliphatic heterocycles. The molecule has 24 heavy (non-hydrogen) atoms. The molecular formula is C17H19Cl2N3O2. The summed E-state index contributed by atoms with van der Waals surface area (Å²) in [5.41, 5.74) is 1.64. The molecule has 128 valence electrons. The third-order valence-electron chi connectivity index (χ3n) is 3.18. The summed E-state index contributed by atoms with van der Waals surface area (Å²) < 4.78 is 5.58. The van der Waals surface area contributed by atoms with Crippen molar-refractivity contribution in [1.82, 2.24) is 5.32 Å². The van der Waals surface area contributed by atoms with Crippen molar-refractivity contribution in [3.8, 4) is 5.75 Å². The monoisotopic (exact) mass is 367 g/mol. The number of anilines is 2. The molecule has 0 fully saturated rings. The maximum atomic E-state index is 11.8. The minimum atomic E-state index is -0.160. The van der Waals surface area contributed by atoms with Gasteiger partial charge in [0.2, 0.25) is 5.91 Å². The van der Waals surface area contributed by atoms with E-state index in [1.54, 1.807) is 18.2 Å². The first-order chi connectivity index (χ1) is 11.6. The Hall–Kier alpha value is -1.95. The van der Waals surface area contributed by atoms with Crippen molar-refractivity contribution in [1.29, 1.82) is 0 Å². The Labute approximate surface area is 151 Å². The van der Waals surface area contributed by atoms with Gasteiger partial charge in [-0.05, 0) is 42.5 Å². The minimum Gasteiger partial charge on any atom is -0.492 e. The molecule has 0 bridgehead atoms. The molecule has 0 saturated carbocycles. The highest BCUT2D eigenvalue weighted by atomic mass is 35.5. The zero-order valence-corrected chi connectivity index (χ0v) is 14.7. The fourth-order valence-corrected chi connectivity index (χ4v) is 2.24. The standard InChI is InChI=1S/C17H19Cl2N3O2/c1-20-12-2-5-14(6-3-12)24-9-8-21-11-17(23)22-13-4-7-15(18)16(19)10-13/h2-7,10,20-21H,8-9,11H2,1H3,(H,22,23). The van der Waals surface area contributed by atoms with E-state index in [4.69, 9.17) is 27.9 Å². The molecule has 0 saturated heterocycles. The van der Waals surface area contributed by atoms with Gasteiger partial charge in [-0.2, -0.15) is 0 Å². The number of hydrogen-bond acceptors (Lipinski definition) is 4. The number of rotatable bonds is 8. The maximum absolute atomic E-state index is 11.8. The molecule has 0 aliphatic carbocycles. The highest BCUT2D eigenvalue weighted by molar-refractivity contribution is 6.42. The van der Waals surface area contributed by atoms with Crippen LogP contribution < -0.4 is 20.7 Å². The van der Waals surface area contributed by atoms with E-state index in [0.717, 1.165) is 11.4 Å². The minimum absolute atomic E-state index is 0.160. The first kappa shape index (κ1) is 18.4. The molecule has 0 atom stereocenters. The van der Waals surface area contributed by atoms with Gasteiger partial charge in [-0.1, -0.05) is 23.2 Å². The molecule has 5 nitrogen and oxygen atoms in total. The summed E-state index contributed by atoms with van der Waals surface area (Å²) in [4.78, 5) is 11.8. The third-order valence-corrected chi connectivity index (χ3v) is 3.92. The lowest BCUT2D eigenvalue weighted by molar-refractivity contribution is -0.115. The summed E-state index contributed by atoms with van der Waals surface area (Å²) in [6.45, 7) is 1.21. The maximum Gasteiger partial charge on any atom is 0.238 e. The van der Waals surface area contributed by atoms with Gasteiger partial charge in [0.15, 0.2) is 0 Å². The number of nitrogens with one attached hydrogen (secondary N) is 3. The lowest BCUT2D eigenvalue weighted by Gasteiger charge is -2.09. The van der Waals surface area contributed by atoms with Gasteiger partial charge in [0, 0.05) is 25.0 Å². The molecule has 2 aromatic carbocycles. The van der Waals surface area contributed by atoms with Crippen LogP contribution in [-0.2, 0) is 4.79 Å². The summed E-state index contributed by atoms with van der Waals surface area (Å²) in [5, 5.41) is 9.65.